The van der Waals surface area contributed by atoms with E-state index < -0.39 is 0 Å². The number of unbranched alkanes of at least 4 members (excludes halogenated alkanes) is 12. The van der Waals surface area contributed by atoms with Crippen LogP contribution in [-0.2, 0) is 16.0 Å². The third kappa shape index (κ3) is 14.1. The van der Waals surface area contributed by atoms with E-state index in [-0.39, 0.29) is 11.9 Å². The number of carbonyl (C=O) groups is 2. The summed E-state index contributed by atoms with van der Waals surface area (Å²) in [5.41, 5.74) is 0.957. The normalized spacial score (nSPS) is 10.9. The van der Waals surface area contributed by atoms with Crippen molar-refractivity contribution in [1.29, 1.82) is 0 Å². The second-order valence-corrected chi connectivity index (χ2v) is 9.19. The number of esters is 2. The molecule has 0 saturated heterocycles. The Bertz CT molecular complexity index is 653. The monoisotopic (exact) mass is 460 g/mol. The molecule has 0 N–H and O–H groups in total. The number of ether oxygens (including phenoxy) is 2. The first-order chi connectivity index (χ1) is 16.1. The summed E-state index contributed by atoms with van der Waals surface area (Å²) in [6.07, 6.45) is 18.3. The molecule has 0 aromatic heterocycles. The maximum absolute atomic E-state index is 12.6. The summed E-state index contributed by atoms with van der Waals surface area (Å²) < 4.78 is 11.5. The number of hydrogen-bond acceptors (Lipinski definition) is 4. The molecule has 33 heavy (non-hydrogen) atoms. The van der Waals surface area contributed by atoms with Crippen LogP contribution >= 0.6 is 0 Å². The van der Waals surface area contributed by atoms with Crippen molar-refractivity contribution < 1.29 is 19.1 Å². The van der Waals surface area contributed by atoms with Crippen molar-refractivity contribution in [2.24, 2.45) is 0 Å². The van der Waals surface area contributed by atoms with Gasteiger partial charge in [0.1, 0.15) is 0 Å². The molecule has 0 amide bonds. The Balaban J connectivity index is 2.74. The van der Waals surface area contributed by atoms with Crippen LogP contribution in [0.15, 0.2) is 18.2 Å². The highest BCUT2D eigenvalue weighted by Crippen LogP contribution is 2.33. The molecule has 0 aliphatic carbocycles. The van der Waals surface area contributed by atoms with Gasteiger partial charge >= 0.3 is 11.9 Å². The van der Waals surface area contributed by atoms with Gasteiger partial charge in [-0.15, -0.1) is 0 Å². The van der Waals surface area contributed by atoms with E-state index in [4.69, 9.17) is 9.47 Å². The minimum absolute atomic E-state index is 0.234. The van der Waals surface area contributed by atoms with Crippen LogP contribution in [0.1, 0.15) is 135 Å². The highest BCUT2D eigenvalue weighted by molar-refractivity contribution is 5.76. The topological polar surface area (TPSA) is 52.6 Å². The van der Waals surface area contributed by atoms with Crippen LogP contribution in [0.2, 0.25) is 0 Å². The molecule has 0 atom stereocenters. The first-order valence-electron chi connectivity index (χ1n) is 13.7. The van der Waals surface area contributed by atoms with Crippen molar-refractivity contribution in [3.8, 4) is 11.5 Å². The summed E-state index contributed by atoms with van der Waals surface area (Å²) in [5.74, 6) is 0.357. The maximum atomic E-state index is 12.6. The van der Waals surface area contributed by atoms with Crippen LogP contribution < -0.4 is 9.47 Å². The minimum atomic E-state index is -0.247. The van der Waals surface area contributed by atoms with Crippen molar-refractivity contribution in [3.63, 3.8) is 0 Å². The molecule has 188 valence electrons. The summed E-state index contributed by atoms with van der Waals surface area (Å²) >= 11 is 0. The molecule has 4 nitrogen and oxygen atoms in total. The quantitative estimate of drug-likeness (QED) is 0.111. The Morgan fingerprint density at radius 1 is 0.606 bits per heavy atom. The molecular formula is C29H48O4. The number of aryl methyl sites for hydroxylation is 1. The predicted molar refractivity (Wildman–Crippen MR) is 137 cm³/mol. The van der Waals surface area contributed by atoms with E-state index in [9.17, 15) is 9.59 Å². The first-order valence-corrected chi connectivity index (χ1v) is 13.7. The lowest BCUT2D eigenvalue weighted by Crippen LogP contribution is -2.13. The van der Waals surface area contributed by atoms with E-state index in [0.29, 0.717) is 24.3 Å². The molecule has 0 aliphatic heterocycles. The Morgan fingerprint density at radius 3 is 1.64 bits per heavy atom. The summed E-state index contributed by atoms with van der Waals surface area (Å²) in [6.45, 7) is 6.57. The molecule has 0 bridgehead atoms. The highest BCUT2D eigenvalue weighted by atomic mass is 16.6. The van der Waals surface area contributed by atoms with Gasteiger partial charge < -0.3 is 9.47 Å². The standard InChI is InChI=1S/C29H48O4/c1-4-7-10-13-16-20-25-21-19-22-26(32-27(30)23-17-14-11-8-5-2)29(25)33-28(31)24-18-15-12-9-6-3/h19,21-22H,4-18,20,23-24H2,1-3H3. The number of benzene rings is 1. The van der Waals surface area contributed by atoms with Crippen molar-refractivity contribution in [1.82, 2.24) is 0 Å². The van der Waals surface area contributed by atoms with E-state index in [2.05, 4.69) is 20.8 Å². The van der Waals surface area contributed by atoms with Gasteiger partial charge in [0.25, 0.3) is 0 Å². The van der Waals surface area contributed by atoms with Gasteiger partial charge in [-0.05, 0) is 37.3 Å². The molecule has 0 aliphatic rings. The highest BCUT2D eigenvalue weighted by Gasteiger charge is 2.17. The molecular weight excluding hydrogens is 412 g/mol. The minimum Gasteiger partial charge on any atom is -0.423 e. The van der Waals surface area contributed by atoms with Gasteiger partial charge in [-0.2, -0.15) is 0 Å². The number of carbonyl (C=O) groups excluding carboxylic acids is 2. The fourth-order valence-corrected chi connectivity index (χ4v) is 3.96. The molecule has 0 saturated carbocycles. The van der Waals surface area contributed by atoms with Crippen molar-refractivity contribution in [2.75, 3.05) is 0 Å². The van der Waals surface area contributed by atoms with E-state index >= 15 is 0 Å². The van der Waals surface area contributed by atoms with E-state index in [1.807, 2.05) is 12.1 Å². The largest absolute Gasteiger partial charge is 0.423 e. The van der Waals surface area contributed by atoms with Crippen molar-refractivity contribution >= 4 is 11.9 Å². The fourth-order valence-electron chi connectivity index (χ4n) is 3.96. The molecule has 4 heteroatoms. The van der Waals surface area contributed by atoms with Crippen LogP contribution in [0.3, 0.4) is 0 Å². The zero-order valence-electron chi connectivity index (χ0n) is 21.6. The van der Waals surface area contributed by atoms with E-state index in [1.54, 1.807) is 6.07 Å². The average molecular weight is 461 g/mol. The third-order valence-electron chi connectivity index (χ3n) is 6.02. The second-order valence-electron chi connectivity index (χ2n) is 9.19. The Labute approximate surface area is 202 Å². The number of para-hydroxylation sites is 1. The lowest BCUT2D eigenvalue weighted by molar-refractivity contribution is -0.137. The van der Waals surface area contributed by atoms with Gasteiger partial charge in [-0.3, -0.25) is 9.59 Å². The van der Waals surface area contributed by atoms with Gasteiger partial charge in [0.15, 0.2) is 11.5 Å². The first kappa shape index (κ1) is 29.2. The molecule has 0 radical (unpaired) electrons. The van der Waals surface area contributed by atoms with E-state index in [0.717, 1.165) is 63.4 Å². The molecule has 0 heterocycles. The molecule has 1 aromatic rings. The van der Waals surface area contributed by atoms with Crippen molar-refractivity contribution in [3.05, 3.63) is 23.8 Å². The smallest absolute Gasteiger partial charge is 0.311 e. The molecule has 1 aromatic carbocycles. The zero-order chi connectivity index (χ0) is 24.2. The Hall–Kier alpha value is -1.84. The maximum Gasteiger partial charge on any atom is 0.311 e. The molecule has 0 spiro atoms. The molecule has 0 fully saturated rings. The predicted octanol–water partition coefficient (Wildman–Crippen LogP) is 8.73. The summed E-state index contributed by atoms with van der Waals surface area (Å²) in [5, 5.41) is 0. The van der Waals surface area contributed by atoms with Gasteiger partial charge in [0.2, 0.25) is 0 Å². The number of hydrogen-bond donors (Lipinski definition) is 0. The second kappa shape index (κ2) is 19.6. The van der Waals surface area contributed by atoms with Gasteiger partial charge in [0.05, 0.1) is 0 Å². The SMILES string of the molecule is CCCCCCCC(=O)Oc1cccc(CCCCCCC)c1OC(=O)CCCCCCC. The lowest BCUT2D eigenvalue weighted by atomic mass is 10.0. The van der Waals surface area contributed by atoms with Gasteiger partial charge in [-0.25, -0.2) is 0 Å². The molecule has 1 rings (SSSR count). The Kier molecular flexibility index (Phi) is 17.4. The summed E-state index contributed by atoms with van der Waals surface area (Å²) in [4.78, 5) is 25.0. The Morgan fingerprint density at radius 2 is 1.09 bits per heavy atom. The van der Waals surface area contributed by atoms with Crippen LogP contribution in [0.4, 0.5) is 0 Å². The van der Waals surface area contributed by atoms with Crippen LogP contribution in [-0.4, -0.2) is 11.9 Å². The lowest BCUT2D eigenvalue weighted by Gasteiger charge is -2.15. The van der Waals surface area contributed by atoms with E-state index in [1.165, 1.54) is 44.9 Å². The van der Waals surface area contributed by atoms with Gasteiger partial charge in [-0.1, -0.05) is 110 Å². The van der Waals surface area contributed by atoms with Crippen LogP contribution in [0, 0.1) is 0 Å². The molecule has 0 unspecified atom stereocenters. The third-order valence-corrected chi connectivity index (χ3v) is 6.02. The zero-order valence-corrected chi connectivity index (χ0v) is 21.6. The fraction of sp³-hybridized carbons (Fsp3) is 0.724. The average Bonchev–Trinajstić information content (AvgIpc) is 2.80. The number of rotatable bonds is 20. The summed E-state index contributed by atoms with van der Waals surface area (Å²) in [7, 11) is 0. The van der Waals surface area contributed by atoms with Crippen molar-refractivity contribution in [2.45, 2.75) is 136 Å². The van der Waals surface area contributed by atoms with Crippen LogP contribution in [0.25, 0.3) is 0 Å². The van der Waals surface area contributed by atoms with Gasteiger partial charge in [0, 0.05) is 12.8 Å². The van der Waals surface area contributed by atoms with Crippen LogP contribution in [0.5, 0.6) is 11.5 Å². The summed E-state index contributed by atoms with van der Waals surface area (Å²) in [6, 6.07) is 5.64.